The number of benzene rings is 2. The third-order valence-corrected chi connectivity index (χ3v) is 4.24. The fourth-order valence-electron chi connectivity index (χ4n) is 2.74. The van der Waals surface area contributed by atoms with Gasteiger partial charge >= 0.3 is 0 Å². The van der Waals surface area contributed by atoms with Gasteiger partial charge in [-0.2, -0.15) is 0 Å². The molecule has 29 heavy (non-hydrogen) atoms. The highest BCUT2D eigenvalue weighted by atomic mass is 16.5. The van der Waals surface area contributed by atoms with Crippen molar-refractivity contribution in [3.05, 3.63) is 78.3 Å². The first-order valence-corrected chi connectivity index (χ1v) is 9.07. The van der Waals surface area contributed by atoms with E-state index in [-0.39, 0.29) is 5.91 Å². The molecule has 0 aliphatic carbocycles. The smallest absolute Gasteiger partial charge is 0.224 e. The number of nitrogens with one attached hydrogen (secondary N) is 2. The number of nitrogens with two attached hydrogens (primary N) is 1. The summed E-state index contributed by atoms with van der Waals surface area (Å²) in [6, 6.07) is 14.9. The molecule has 1 heterocycles. The lowest BCUT2D eigenvalue weighted by Gasteiger charge is -2.13. The quantitative estimate of drug-likeness (QED) is 0.521. The van der Waals surface area contributed by atoms with Crippen LogP contribution in [-0.2, 0) is 11.2 Å². The molecule has 148 valence electrons. The van der Waals surface area contributed by atoms with E-state index in [0.717, 1.165) is 28.2 Å². The Morgan fingerprint density at radius 3 is 2.62 bits per heavy atom. The molecule has 0 saturated heterocycles. The lowest BCUT2D eigenvalue weighted by atomic mass is 10.0. The van der Waals surface area contributed by atoms with Gasteiger partial charge in [0.15, 0.2) is 0 Å². The Bertz CT molecular complexity index is 1030. The second-order valence-electron chi connectivity index (χ2n) is 6.59. The predicted octanol–water partition coefficient (Wildman–Crippen LogP) is 4.29. The number of carbonyl (C=O) groups excluding carboxylic acids is 1. The number of aromatic nitrogens is 2. The van der Waals surface area contributed by atoms with Crippen molar-refractivity contribution in [2.75, 3.05) is 16.4 Å². The average Bonchev–Trinajstić information content (AvgIpc) is 2.67. The molecule has 0 saturated carbocycles. The highest BCUT2D eigenvalue weighted by Gasteiger charge is 2.06. The molecule has 1 amide bonds. The van der Waals surface area contributed by atoms with E-state index < -0.39 is 0 Å². The first-order valence-electron chi connectivity index (χ1n) is 9.07. The number of ether oxygens (including phenoxy) is 1. The molecule has 4 N–H and O–H groups in total. The van der Waals surface area contributed by atoms with Crippen LogP contribution in [0.1, 0.15) is 18.1 Å². The Morgan fingerprint density at radius 2 is 1.90 bits per heavy atom. The van der Waals surface area contributed by atoms with Crippen LogP contribution in [0.15, 0.2) is 67.1 Å². The van der Waals surface area contributed by atoms with Crippen LogP contribution in [0.2, 0.25) is 0 Å². The third-order valence-electron chi connectivity index (χ3n) is 4.24. The van der Waals surface area contributed by atoms with E-state index in [1.165, 1.54) is 13.3 Å². The molecule has 2 aromatic carbocycles. The SMILES string of the molecule is C=C(Cc1cccc(N)c1C)Nc1ccc(Oc2cc(NC(C)=O)ncn2)cc1. The second kappa shape index (κ2) is 8.88. The summed E-state index contributed by atoms with van der Waals surface area (Å²) >= 11 is 0. The maximum atomic E-state index is 11.1. The minimum Gasteiger partial charge on any atom is -0.439 e. The number of rotatable bonds is 7. The van der Waals surface area contributed by atoms with Gasteiger partial charge in [-0.25, -0.2) is 9.97 Å². The number of carbonyl (C=O) groups is 1. The number of amides is 1. The van der Waals surface area contributed by atoms with E-state index in [9.17, 15) is 4.79 Å². The van der Waals surface area contributed by atoms with Crippen molar-refractivity contribution in [3.8, 4) is 11.6 Å². The summed E-state index contributed by atoms with van der Waals surface area (Å²) in [5, 5.41) is 5.89. The van der Waals surface area contributed by atoms with Crippen LogP contribution in [0.4, 0.5) is 17.2 Å². The Kier molecular flexibility index (Phi) is 6.09. The van der Waals surface area contributed by atoms with Crippen molar-refractivity contribution in [2.45, 2.75) is 20.3 Å². The molecule has 0 spiro atoms. The molecule has 0 bridgehead atoms. The highest BCUT2D eigenvalue weighted by molar-refractivity contribution is 5.87. The van der Waals surface area contributed by atoms with Crippen LogP contribution >= 0.6 is 0 Å². The van der Waals surface area contributed by atoms with Crippen molar-refractivity contribution < 1.29 is 9.53 Å². The first kappa shape index (κ1) is 19.9. The normalized spacial score (nSPS) is 10.3. The van der Waals surface area contributed by atoms with Gasteiger partial charge < -0.3 is 21.1 Å². The molecule has 0 radical (unpaired) electrons. The van der Waals surface area contributed by atoms with E-state index >= 15 is 0 Å². The summed E-state index contributed by atoms with van der Waals surface area (Å²) in [5.74, 6) is 1.12. The predicted molar refractivity (Wildman–Crippen MR) is 115 cm³/mol. The number of nitrogen functional groups attached to an aromatic ring is 1. The van der Waals surface area contributed by atoms with Gasteiger partial charge in [-0.15, -0.1) is 0 Å². The molecule has 0 atom stereocenters. The fraction of sp³-hybridized carbons (Fsp3) is 0.136. The fourth-order valence-corrected chi connectivity index (χ4v) is 2.74. The molecule has 0 unspecified atom stereocenters. The summed E-state index contributed by atoms with van der Waals surface area (Å²) < 4.78 is 5.72. The van der Waals surface area contributed by atoms with Crippen molar-refractivity contribution >= 4 is 23.1 Å². The molecule has 3 rings (SSSR count). The minimum atomic E-state index is -0.210. The molecular weight excluding hydrogens is 366 g/mol. The van der Waals surface area contributed by atoms with Gasteiger partial charge in [0.2, 0.25) is 11.8 Å². The lowest BCUT2D eigenvalue weighted by molar-refractivity contribution is -0.114. The van der Waals surface area contributed by atoms with Crippen LogP contribution < -0.4 is 21.1 Å². The summed E-state index contributed by atoms with van der Waals surface area (Å²) in [7, 11) is 0. The summed E-state index contributed by atoms with van der Waals surface area (Å²) in [6.07, 6.45) is 2.01. The second-order valence-corrected chi connectivity index (χ2v) is 6.59. The van der Waals surface area contributed by atoms with E-state index in [0.29, 0.717) is 23.9 Å². The maximum absolute atomic E-state index is 11.1. The molecule has 7 heteroatoms. The number of hydrogen-bond donors (Lipinski definition) is 3. The zero-order valence-corrected chi connectivity index (χ0v) is 16.4. The molecule has 7 nitrogen and oxygen atoms in total. The molecule has 0 fully saturated rings. The minimum absolute atomic E-state index is 0.210. The van der Waals surface area contributed by atoms with Gasteiger partial charge in [0.05, 0.1) is 0 Å². The largest absolute Gasteiger partial charge is 0.439 e. The van der Waals surface area contributed by atoms with E-state index in [4.69, 9.17) is 10.5 Å². The highest BCUT2D eigenvalue weighted by Crippen LogP contribution is 2.24. The molecular formula is C22H23N5O2. The van der Waals surface area contributed by atoms with Gasteiger partial charge in [-0.1, -0.05) is 18.7 Å². The van der Waals surface area contributed by atoms with Crippen LogP contribution in [0.5, 0.6) is 11.6 Å². The Balaban J connectivity index is 1.61. The van der Waals surface area contributed by atoms with Gasteiger partial charge in [0, 0.05) is 36.5 Å². The standard InChI is InChI=1S/C22H23N5O2/c1-14(11-17-5-4-6-20(23)15(17)2)26-18-7-9-19(10-8-18)29-22-12-21(24-13-25-22)27-16(3)28/h4-10,12-13,26H,1,11,23H2,2-3H3,(H,24,25,27,28). The number of nitrogens with zero attached hydrogens (tertiary/aromatic N) is 2. The van der Waals surface area contributed by atoms with E-state index in [1.807, 2.05) is 49.4 Å². The van der Waals surface area contributed by atoms with Crippen LogP contribution in [0.25, 0.3) is 0 Å². The lowest BCUT2D eigenvalue weighted by Crippen LogP contribution is -2.07. The maximum Gasteiger partial charge on any atom is 0.224 e. The molecule has 0 aliphatic rings. The zero-order chi connectivity index (χ0) is 20.8. The number of hydrogen-bond acceptors (Lipinski definition) is 6. The zero-order valence-electron chi connectivity index (χ0n) is 16.4. The van der Waals surface area contributed by atoms with Crippen LogP contribution in [-0.4, -0.2) is 15.9 Å². The van der Waals surface area contributed by atoms with Gasteiger partial charge in [-0.05, 0) is 48.4 Å². The van der Waals surface area contributed by atoms with Crippen molar-refractivity contribution in [2.24, 2.45) is 0 Å². The van der Waals surface area contributed by atoms with Gasteiger partial charge in [-0.3, -0.25) is 4.79 Å². The van der Waals surface area contributed by atoms with Crippen molar-refractivity contribution in [1.29, 1.82) is 0 Å². The average molecular weight is 389 g/mol. The summed E-state index contributed by atoms with van der Waals surface area (Å²) in [4.78, 5) is 19.1. The number of anilines is 3. The third kappa shape index (κ3) is 5.55. The van der Waals surface area contributed by atoms with E-state index in [1.54, 1.807) is 6.07 Å². The summed E-state index contributed by atoms with van der Waals surface area (Å²) in [6.45, 7) is 7.53. The van der Waals surface area contributed by atoms with Crippen LogP contribution in [0, 0.1) is 6.92 Å². The van der Waals surface area contributed by atoms with Gasteiger partial charge in [0.25, 0.3) is 0 Å². The Labute approximate surface area is 169 Å². The first-order chi connectivity index (χ1) is 13.9. The molecule has 1 aromatic heterocycles. The topological polar surface area (TPSA) is 102 Å². The monoisotopic (exact) mass is 389 g/mol. The van der Waals surface area contributed by atoms with Crippen LogP contribution in [0.3, 0.4) is 0 Å². The Morgan fingerprint density at radius 1 is 1.14 bits per heavy atom. The molecule has 3 aromatic rings. The molecule has 0 aliphatic heterocycles. The van der Waals surface area contributed by atoms with Crippen molar-refractivity contribution in [3.63, 3.8) is 0 Å². The van der Waals surface area contributed by atoms with E-state index in [2.05, 4.69) is 27.2 Å². The Hall–Kier alpha value is -3.87. The van der Waals surface area contributed by atoms with Crippen molar-refractivity contribution in [1.82, 2.24) is 9.97 Å². The number of allylic oxidation sites excluding steroid dienone is 1. The van der Waals surface area contributed by atoms with Gasteiger partial charge in [0.1, 0.15) is 17.9 Å². The summed E-state index contributed by atoms with van der Waals surface area (Å²) in [5.41, 5.74) is 10.7.